The van der Waals surface area contributed by atoms with E-state index in [0.717, 1.165) is 0 Å². The summed E-state index contributed by atoms with van der Waals surface area (Å²) in [5.74, 6) is 0. The summed E-state index contributed by atoms with van der Waals surface area (Å²) < 4.78 is 6.53. The Balaban J connectivity index is 2.13. The molecular weight excluding hydrogens is 280 g/mol. The minimum absolute atomic E-state index is 0.0485. The molecule has 3 aromatic carbocycles. The summed E-state index contributed by atoms with van der Waals surface area (Å²) in [5, 5.41) is 5.17. The van der Waals surface area contributed by atoms with Gasteiger partial charge in [-0.2, -0.15) is 0 Å². The van der Waals surface area contributed by atoms with E-state index in [9.17, 15) is 0 Å². The molecule has 0 bridgehead atoms. The van der Waals surface area contributed by atoms with Crippen LogP contribution in [0.15, 0.2) is 54.6 Å². The summed E-state index contributed by atoms with van der Waals surface area (Å²) in [6.07, 6.45) is 0. The Bertz CT molecular complexity index is 866. The average molecular weight is 304 g/mol. The second kappa shape index (κ2) is 4.36. The van der Waals surface area contributed by atoms with Crippen LogP contribution >= 0.6 is 0 Å². The molecule has 1 aliphatic rings. The van der Waals surface area contributed by atoms with Gasteiger partial charge in [-0.3, -0.25) is 0 Å². The number of benzene rings is 3. The molecule has 0 N–H and O–H groups in total. The van der Waals surface area contributed by atoms with Crippen LogP contribution in [0.1, 0.15) is 40.2 Å². The van der Waals surface area contributed by atoms with E-state index in [4.69, 9.17) is 4.74 Å². The van der Waals surface area contributed by atoms with Crippen molar-refractivity contribution in [3.63, 3.8) is 0 Å². The van der Waals surface area contributed by atoms with E-state index in [2.05, 4.69) is 89.2 Å². The zero-order valence-corrected chi connectivity index (χ0v) is 14.6. The molecule has 1 heterocycles. The molecule has 0 aliphatic carbocycles. The number of rotatable bonds is 1. The Morgan fingerprint density at radius 2 is 1.17 bits per heavy atom. The molecule has 1 saturated heterocycles. The fourth-order valence-electron chi connectivity index (χ4n) is 4.18. The molecule has 1 heteroatoms. The first-order chi connectivity index (χ1) is 10.8. The Morgan fingerprint density at radius 1 is 0.696 bits per heavy atom. The third kappa shape index (κ3) is 1.72. The zero-order valence-electron chi connectivity index (χ0n) is 14.6. The van der Waals surface area contributed by atoms with Gasteiger partial charge < -0.3 is 4.74 Å². The first kappa shape index (κ1) is 14.7. The Labute approximate surface area is 138 Å². The predicted molar refractivity (Wildman–Crippen MR) is 97.8 cm³/mol. The molecule has 0 spiro atoms. The Morgan fingerprint density at radius 3 is 1.61 bits per heavy atom. The van der Waals surface area contributed by atoms with Crippen molar-refractivity contribution in [1.29, 1.82) is 0 Å². The largest absolute Gasteiger partial charge is 0.363 e. The lowest BCUT2D eigenvalue weighted by Crippen LogP contribution is -2.68. The van der Waals surface area contributed by atoms with E-state index < -0.39 is 0 Å². The van der Waals surface area contributed by atoms with Crippen LogP contribution in [0, 0.1) is 5.41 Å². The van der Waals surface area contributed by atoms with Gasteiger partial charge in [0.1, 0.15) is 5.60 Å². The molecule has 4 rings (SSSR count). The third-order valence-corrected chi connectivity index (χ3v) is 6.41. The van der Waals surface area contributed by atoms with E-state index >= 15 is 0 Å². The lowest BCUT2D eigenvalue weighted by atomic mass is 9.56. The van der Waals surface area contributed by atoms with Crippen LogP contribution in [-0.4, -0.2) is 5.60 Å². The Hall–Kier alpha value is -1.86. The van der Waals surface area contributed by atoms with Crippen LogP contribution in [0.4, 0.5) is 0 Å². The standard InChI is InChI=1S/C22H24O/c1-20(2)21(3,4)23-22(20,5)19-17-12-8-6-10-15(17)14-16-11-7-9-13-18(16)19/h6-14H,1-5H3. The van der Waals surface area contributed by atoms with Crippen molar-refractivity contribution in [3.05, 3.63) is 60.2 Å². The van der Waals surface area contributed by atoms with Crippen molar-refractivity contribution < 1.29 is 4.74 Å². The van der Waals surface area contributed by atoms with Crippen LogP contribution in [0.5, 0.6) is 0 Å². The first-order valence-corrected chi connectivity index (χ1v) is 8.39. The highest BCUT2D eigenvalue weighted by atomic mass is 16.6. The minimum atomic E-state index is -0.295. The van der Waals surface area contributed by atoms with Gasteiger partial charge in [0.15, 0.2) is 0 Å². The summed E-state index contributed by atoms with van der Waals surface area (Å²) in [6.45, 7) is 11.3. The van der Waals surface area contributed by atoms with Crippen molar-refractivity contribution in [1.82, 2.24) is 0 Å². The molecule has 0 amide bonds. The number of hydrogen-bond donors (Lipinski definition) is 0. The molecule has 118 valence electrons. The van der Waals surface area contributed by atoms with Crippen molar-refractivity contribution in [2.45, 2.75) is 45.8 Å². The second-order valence-electron chi connectivity index (χ2n) is 7.96. The zero-order chi connectivity index (χ0) is 16.5. The molecule has 0 radical (unpaired) electrons. The number of ether oxygens (including phenoxy) is 1. The normalized spacial score (nSPS) is 25.4. The maximum absolute atomic E-state index is 6.53. The van der Waals surface area contributed by atoms with Crippen LogP contribution in [-0.2, 0) is 10.3 Å². The van der Waals surface area contributed by atoms with Gasteiger partial charge in [-0.05, 0) is 53.9 Å². The highest BCUT2D eigenvalue weighted by Crippen LogP contribution is 2.63. The molecule has 0 saturated carbocycles. The van der Waals surface area contributed by atoms with Crippen LogP contribution in [0.25, 0.3) is 21.5 Å². The third-order valence-electron chi connectivity index (χ3n) is 6.41. The van der Waals surface area contributed by atoms with Crippen LogP contribution < -0.4 is 0 Å². The average Bonchev–Trinajstić information content (AvgIpc) is 2.51. The number of fused-ring (bicyclic) bond motifs is 2. The fraction of sp³-hybridized carbons (Fsp3) is 0.364. The fourth-order valence-corrected chi connectivity index (χ4v) is 4.18. The summed E-state index contributed by atoms with van der Waals surface area (Å²) in [6, 6.07) is 19.6. The van der Waals surface area contributed by atoms with Crippen LogP contribution in [0.3, 0.4) is 0 Å². The molecule has 1 nitrogen and oxygen atoms in total. The monoisotopic (exact) mass is 304 g/mol. The van der Waals surface area contributed by atoms with Crippen molar-refractivity contribution in [2.24, 2.45) is 5.41 Å². The highest BCUT2D eigenvalue weighted by Gasteiger charge is 2.65. The van der Waals surface area contributed by atoms with E-state index in [1.807, 2.05) is 0 Å². The summed E-state index contributed by atoms with van der Waals surface area (Å²) >= 11 is 0. The lowest BCUT2D eigenvalue weighted by molar-refractivity contribution is -0.355. The molecule has 1 unspecified atom stereocenters. The molecular formula is C22H24O. The minimum Gasteiger partial charge on any atom is -0.363 e. The van der Waals surface area contributed by atoms with Crippen molar-refractivity contribution in [3.8, 4) is 0 Å². The molecule has 0 aromatic heterocycles. The molecule has 1 atom stereocenters. The molecule has 1 aliphatic heterocycles. The molecule has 23 heavy (non-hydrogen) atoms. The van der Waals surface area contributed by atoms with Gasteiger partial charge in [-0.25, -0.2) is 0 Å². The van der Waals surface area contributed by atoms with Crippen molar-refractivity contribution in [2.75, 3.05) is 0 Å². The van der Waals surface area contributed by atoms with E-state index in [-0.39, 0.29) is 16.6 Å². The van der Waals surface area contributed by atoms with Gasteiger partial charge in [0.05, 0.1) is 5.60 Å². The number of hydrogen-bond acceptors (Lipinski definition) is 1. The van der Waals surface area contributed by atoms with Gasteiger partial charge in [0.25, 0.3) is 0 Å². The van der Waals surface area contributed by atoms with E-state index in [1.165, 1.54) is 27.1 Å². The second-order valence-corrected chi connectivity index (χ2v) is 7.96. The molecule has 1 fully saturated rings. The highest BCUT2D eigenvalue weighted by molar-refractivity contribution is 6.03. The van der Waals surface area contributed by atoms with Gasteiger partial charge in [0.2, 0.25) is 0 Å². The van der Waals surface area contributed by atoms with Crippen molar-refractivity contribution >= 4 is 21.5 Å². The topological polar surface area (TPSA) is 9.23 Å². The van der Waals surface area contributed by atoms with Gasteiger partial charge >= 0.3 is 0 Å². The summed E-state index contributed by atoms with van der Waals surface area (Å²) in [7, 11) is 0. The van der Waals surface area contributed by atoms with Gasteiger partial charge in [0, 0.05) is 5.41 Å². The maximum Gasteiger partial charge on any atom is 0.100 e. The van der Waals surface area contributed by atoms with Gasteiger partial charge in [-0.15, -0.1) is 0 Å². The first-order valence-electron chi connectivity index (χ1n) is 8.39. The lowest BCUT2D eigenvalue weighted by Gasteiger charge is -2.65. The maximum atomic E-state index is 6.53. The van der Waals surface area contributed by atoms with Gasteiger partial charge in [-0.1, -0.05) is 62.4 Å². The van der Waals surface area contributed by atoms with E-state index in [1.54, 1.807) is 0 Å². The molecule has 3 aromatic rings. The van der Waals surface area contributed by atoms with E-state index in [0.29, 0.717) is 0 Å². The summed E-state index contributed by atoms with van der Waals surface area (Å²) in [4.78, 5) is 0. The quantitative estimate of drug-likeness (QED) is 0.498. The van der Waals surface area contributed by atoms with Crippen LogP contribution in [0.2, 0.25) is 0 Å². The smallest absolute Gasteiger partial charge is 0.100 e. The predicted octanol–water partition coefficient (Wildman–Crippen LogP) is 6.04. The summed E-state index contributed by atoms with van der Waals surface area (Å²) in [5.41, 5.74) is 0.958. The Kier molecular flexibility index (Phi) is 2.79. The SMILES string of the molecule is CC1(C)OC(C)(c2c3ccccc3cc3ccccc23)C1(C)C.